The lowest BCUT2D eigenvalue weighted by Crippen LogP contribution is -2.29. The molecule has 1 aliphatic rings. The molecule has 0 bridgehead atoms. The topological polar surface area (TPSA) is 62.1 Å². The summed E-state index contributed by atoms with van der Waals surface area (Å²) in [5.74, 6) is -0.612. The van der Waals surface area contributed by atoms with E-state index in [1.807, 2.05) is 31.2 Å². The lowest BCUT2D eigenvalue weighted by atomic mass is 10.1. The van der Waals surface area contributed by atoms with Gasteiger partial charge in [-0.3, -0.25) is 9.59 Å². The maximum atomic E-state index is 12.5. The first-order valence-corrected chi connectivity index (χ1v) is 8.20. The van der Waals surface area contributed by atoms with E-state index in [0.717, 1.165) is 11.3 Å². The van der Waals surface area contributed by atoms with Gasteiger partial charge in [0.15, 0.2) is 0 Å². The van der Waals surface area contributed by atoms with Crippen molar-refractivity contribution in [1.29, 1.82) is 0 Å². The van der Waals surface area contributed by atoms with Crippen LogP contribution in [0.3, 0.4) is 0 Å². The minimum atomic E-state index is -0.306. The molecule has 4 rings (SSSR count). The Morgan fingerprint density at radius 1 is 0.654 bits per heavy atom. The molecule has 1 heterocycles. The highest BCUT2D eigenvalue weighted by Gasteiger charge is 2.36. The molecule has 0 atom stereocenters. The van der Waals surface area contributed by atoms with E-state index in [1.54, 1.807) is 48.5 Å². The van der Waals surface area contributed by atoms with Crippen LogP contribution in [0, 0.1) is 6.92 Å². The van der Waals surface area contributed by atoms with Crippen LogP contribution in [-0.4, -0.2) is 11.8 Å². The summed E-state index contributed by atoms with van der Waals surface area (Å²) >= 11 is 0. The summed E-state index contributed by atoms with van der Waals surface area (Å²) in [6, 6.07) is 21.4. The number of rotatable bonds is 3. The van der Waals surface area contributed by atoms with Crippen LogP contribution < -0.4 is 4.90 Å². The minimum absolute atomic E-state index is 0.306. The largest absolute Gasteiger partial charge is 0.268 e. The van der Waals surface area contributed by atoms with Crippen molar-refractivity contribution in [1.82, 2.24) is 0 Å². The Balaban J connectivity index is 1.56. The first-order chi connectivity index (χ1) is 12.6. The van der Waals surface area contributed by atoms with Crippen molar-refractivity contribution in [3.63, 3.8) is 0 Å². The molecule has 0 unspecified atom stereocenters. The van der Waals surface area contributed by atoms with Crippen molar-refractivity contribution in [3.8, 4) is 0 Å². The Bertz CT molecular complexity index is 987. The normalized spacial score (nSPS) is 13.5. The van der Waals surface area contributed by atoms with E-state index in [4.69, 9.17) is 0 Å². The number of carbonyl (C=O) groups excluding carboxylic acids is 2. The number of amides is 2. The quantitative estimate of drug-likeness (QED) is 0.485. The van der Waals surface area contributed by atoms with Crippen molar-refractivity contribution < 1.29 is 9.59 Å². The van der Waals surface area contributed by atoms with E-state index in [9.17, 15) is 9.59 Å². The highest BCUT2D eigenvalue weighted by atomic mass is 16.2. The van der Waals surface area contributed by atoms with Crippen LogP contribution in [0.25, 0.3) is 0 Å². The predicted molar refractivity (Wildman–Crippen MR) is 99.4 cm³/mol. The lowest BCUT2D eigenvalue weighted by molar-refractivity contribution is 0.0926. The summed E-state index contributed by atoms with van der Waals surface area (Å²) in [6.07, 6.45) is 0. The van der Waals surface area contributed by atoms with E-state index in [0.29, 0.717) is 22.5 Å². The highest BCUT2D eigenvalue weighted by Crippen LogP contribution is 2.29. The summed E-state index contributed by atoms with van der Waals surface area (Å²) < 4.78 is 0. The van der Waals surface area contributed by atoms with Gasteiger partial charge in [0.2, 0.25) is 0 Å². The predicted octanol–water partition coefficient (Wildman–Crippen LogP) is 5.21. The zero-order valence-corrected chi connectivity index (χ0v) is 14.1. The van der Waals surface area contributed by atoms with Crippen molar-refractivity contribution in [2.45, 2.75) is 6.92 Å². The van der Waals surface area contributed by atoms with Crippen molar-refractivity contribution in [2.75, 3.05) is 4.90 Å². The molecule has 5 nitrogen and oxygen atoms in total. The van der Waals surface area contributed by atoms with Gasteiger partial charge in [0, 0.05) is 0 Å². The number of fused-ring (bicyclic) bond motifs is 1. The molecule has 0 saturated heterocycles. The molecule has 3 aromatic carbocycles. The van der Waals surface area contributed by atoms with E-state index < -0.39 is 0 Å². The third kappa shape index (κ3) is 2.80. The number of anilines is 1. The molecule has 3 aromatic rings. The number of imide groups is 1. The Hall–Kier alpha value is -3.60. The number of aryl methyl sites for hydroxylation is 1. The number of hydrogen-bond acceptors (Lipinski definition) is 4. The van der Waals surface area contributed by atoms with Crippen molar-refractivity contribution >= 4 is 28.9 Å². The molecule has 0 aromatic heterocycles. The second kappa shape index (κ2) is 6.37. The molecule has 0 N–H and O–H groups in total. The average molecular weight is 341 g/mol. The molecule has 5 heteroatoms. The van der Waals surface area contributed by atoms with Crippen LogP contribution in [0.15, 0.2) is 83.0 Å². The molecule has 0 radical (unpaired) electrons. The molecule has 0 fully saturated rings. The monoisotopic (exact) mass is 341 g/mol. The average Bonchev–Trinajstić information content (AvgIpc) is 2.93. The van der Waals surface area contributed by atoms with Crippen molar-refractivity contribution in [2.24, 2.45) is 10.2 Å². The SMILES string of the molecule is Cc1ccc(N=Nc2ccc(N3C(=O)c4ccccc4C3=O)cc2)cc1. The first-order valence-electron chi connectivity index (χ1n) is 8.20. The summed E-state index contributed by atoms with van der Waals surface area (Å²) in [7, 11) is 0. The molecule has 0 aliphatic carbocycles. The first kappa shape index (κ1) is 15.9. The third-order valence-electron chi connectivity index (χ3n) is 4.22. The molecule has 1 aliphatic heterocycles. The van der Waals surface area contributed by atoms with E-state index in [2.05, 4.69) is 10.2 Å². The van der Waals surface area contributed by atoms with Crippen LogP contribution >= 0.6 is 0 Å². The van der Waals surface area contributed by atoms with Gasteiger partial charge in [-0.05, 0) is 55.5 Å². The van der Waals surface area contributed by atoms with Gasteiger partial charge in [-0.1, -0.05) is 29.8 Å². The van der Waals surface area contributed by atoms with E-state index in [1.165, 1.54) is 4.90 Å². The number of hydrogen-bond donors (Lipinski definition) is 0. The van der Waals surface area contributed by atoms with Gasteiger partial charge in [0.25, 0.3) is 11.8 Å². The van der Waals surface area contributed by atoms with Gasteiger partial charge >= 0.3 is 0 Å². The molecule has 26 heavy (non-hydrogen) atoms. The van der Waals surface area contributed by atoms with Gasteiger partial charge in [0.05, 0.1) is 28.2 Å². The fourth-order valence-corrected chi connectivity index (χ4v) is 2.82. The van der Waals surface area contributed by atoms with Gasteiger partial charge in [0.1, 0.15) is 0 Å². The molecule has 0 spiro atoms. The van der Waals surface area contributed by atoms with Crippen LogP contribution in [-0.2, 0) is 0 Å². The Kier molecular flexibility index (Phi) is 3.89. The standard InChI is InChI=1S/C21H15N3O2/c1-14-6-8-15(9-7-14)22-23-16-10-12-17(13-11-16)24-20(25)18-4-2-3-5-19(18)21(24)26/h2-13H,1H3. The summed E-state index contributed by atoms with van der Waals surface area (Å²) in [4.78, 5) is 26.2. The second-order valence-electron chi connectivity index (χ2n) is 6.04. The smallest absolute Gasteiger partial charge is 0.266 e. The Morgan fingerprint density at radius 3 is 1.62 bits per heavy atom. The van der Waals surface area contributed by atoms with Gasteiger partial charge in [-0.2, -0.15) is 10.2 Å². The van der Waals surface area contributed by atoms with Gasteiger partial charge in [-0.25, -0.2) is 4.90 Å². The van der Waals surface area contributed by atoms with E-state index >= 15 is 0 Å². The molecular weight excluding hydrogens is 326 g/mol. The van der Waals surface area contributed by atoms with Gasteiger partial charge in [-0.15, -0.1) is 0 Å². The Labute approximate surface area is 150 Å². The molecular formula is C21H15N3O2. The Morgan fingerprint density at radius 2 is 1.12 bits per heavy atom. The summed E-state index contributed by atoms with van der Waals surface area (Å²) in [5.41, 5.74) is 3.95. The van der Waals surface area contributed by atoms with E-state index in [-0.39, 0.29) is 11.8 Å². The number of azo groups is 1. The molecule has 2 amide bonds. The zero-order valence-electron chi connectivity index (χ0n) is 14.1. The van der Waals surface area contributed by atoms with Gasteiger partial charge < -0.3 is 0 Å². The summed E-state index contributed by atoms with van der Waals surface area (Å²) in [6.45, 7) is 2.01. The molecule has 0 saturated carbocycles. The number of carbonyl (C=O) groups is 2. The van der Waals surface area contributed by atoms with Crippen LogP contribution in [0.1, 0.15) is 26.3 Å². The van der Waals surface area contributed by atoms with Crippen LogP contribution in [0.4, 0.5) is 17.1 Å². The minimum Gasteiger partial charge on any atom is -0.268 e. The number of nitrogens with zero attached hydrogens (tertiary/aromatic N) is 3. The summed E-state index contributed by atoms with van der Waals surface area (Å²) in [5, 5.41) is 8.37. The lowest BCUT2D eigenvalue weighted by Gasteiger charge is -2.13. The second-order valence-corrected chi connectivity index (χ2v) is 6.04. The zero-order chi connectivity index (χ0) is 18.1. The molecule has 126 valence electrons. The fourth-order valence-electron chi connectivity index (χ4n) is 2.82. The van der Waals surface area contributed by atoms with Crippen LogP contribution in [0.2, 0.25) is 0 Å². The highest BCUT2D eigenvalue weighted by molar-refractivity contribution is 6.34. The maximum absolute atomic E-state index is 12.5. The van der Waals surface area contributed by atoms with Crippen molar-refractivity contribution in [3.05, 3.63) is 89.5 Å². The number of benzene rings is 3. The third-order valence-corrected chi connectivity index (χ3v) is 4.22. The fraction of sp³-hybridized carbons (Fsp3) is 0.0476. The maximum Gasteiger partial charge on any atom is 0.266 e. The van der Waals surface area contributed by atoms with Crippen LogP contribution in [0.5, 0.6) is 0 Å².